The highest BCUT2D eigenvalue weighted by atomic mass is 32.2. The maximum Gasteiger partial charge on any atom is 0.174 e. The molecule has 0 spiro atoms. The van der Waals surface area contributed by atoms with Crippen LogP contribution in [0, 0.1) is 6.92 Å². The van der Waals surface area contributed by atoms with E-state index >= 15 is 0 Å². The van der Waals surface area contributed by atoms with Gasteiger partial charge in [-0.25, -0.2) is 0 Å². The molecule has 0 fully saturated rings. The smallest absolute Gasteiger partial charge is 0.174 e. The molecule has 5 heteroatoms. The van der Waals surface area contributed by atoms with Crippen molar-refractivity contribution in [2.75, 3.05) is 5.75 Å². The zero-order valence-corrected chi connectivity index (χ0v) is 12.0. The number of aryl methyl sites for hydroxylation is 1. The molecule has 1 aromatic heterocycles. The number of allylic oxidation sites excluding steroid dienone is 3. The highest BCUT2D eigenvalue weighted by Crippen LogP contribution is 2.23. The average molecular weight is 268 g/mol. The number of hydrogen-bond donors (Lipinski definition) is 0. The number of nitrogens with zero attached hydrogens (tertiary/aromatic N) is 2. The molecule has 0 bridgehead atoms. The molecule has 3 nitrogen and oxygen atoms in total. The van der Waals surface area contributed by atoms with Crippen molar-refractivity contribution < 1.29 is 4.79 Å². The summed E-state index contributed by atoms with van der Waals surface area (Å²) in [6.07, 6.45) is 2.93. The Bertz CT molecular complexity index is 449. The monoisotopic (exact) mass is 268 g/mol. The van der Waals surface area contributed by atoms with Crippen molar-refractivity contribution in [3.05, 3.63) is 28.8 Å². The summed E-state index contributed by atoms with van der Waals surface area (Å²) in [7, 11) is 0. The molecule has 0 saturated heterocycles. The van der Waals surface area contributed by atoms with Gasteiger partial charge in [-0.15, -0.1) is 10.2 Å². The van der Waals surface area contributed by atoms with Gasteiger partial charge in [0.1, 0.15) is 5.01 Å². The predicted molar refractivity (Wildman–Crippen MR) is 73.6 cm³/mol. The quantitative estimate of drug-likeness (QED) is 0.450. The van der Waals surface area contributed by atoms with Gasteiger partial charge in [0.05, 0.1) is 5.75 Å². The Kier molecular flexibility index (Phi) is 5.58. The zero-order chi connectivity index (χ0) is 12.8. The molecule has 1 heterocycles. The first-order valence-corrected chi connectivity index (χ1v) is 7.17. The molecule has 0 atom stereocenters. The number of rotatable bonds is 6. The second kappa shape index (κ2) is 6.71. The van der Waals surface area contributed by atoms with E-state index in [-0.39, 0.29) is 5.78 Å². The van der Waals surface area contributed by atoms with Crippen LogP contribution in [0.1, 0.15) is 25.3 Å². The maximum absolute atomic E-state index is 11.8. The molecule has 0 aliphatic heterocycles. The van der Waals surface area contributed by atoms with Crippen molar-refractivity contribution in [3.8, 4) is 0 Å². The molecular weight excluding hydrogens is 252 g/mol. The van der Waals surface area contributed by atoms with Crippen LogP contribution in [0.15, 0.2) is 28.1 Å². The summed E-state index contributed by atoms with van der Waals surface area (Å²) in [5.41, 5.74) is 1.56. The van der Waals surface area contributed by atoms with E-state index in [4.69, 9.17) is 0 Å². The van der Waals surface area contributed by atoms with Gasteiger partial charge in [0, 0.05) is 5.57 Å². The summed E-state index contributed by atoms with van der Waals surface area (Å²) in [6.45, 7) is 9.69. The largest absolute Gasteiger partial charge is 0.293 e. The van der Waals surface area contributed by atoms with Crippen molar-refractivity contribution >= 4 is 28.9 Å². The molecule has 0 amide bonds. The van der Waals surface area contributed by atoms with Gasteiger partial charge in [-0.3, -0.25) is 4.79 Å². The van der Waals surface area contributed by atoms with E-state index in [9.17, 15) is 4.79 Å². The molecule has 0 aromatic carbocycles. The van der Waals surface area contributed by atoms with Gasteiger partial charge >= 0.3 is 0 Å². The minimum atomic E-state index is 0.0602. The summed E-state index contributed by atoms with van der Waals surface area (Å²) in [4.78, 5) is 11.8. The lowest BCUT2D eigenvalue weighted by molar-refractivity contribution is -0.113. The number of carbonyl (C=O) groups excluding carboxylic acids is 1. The molecule has 1 aromatic rings. The van der Waals surface area contributed by atoms with E-state index in [2.05, 4.69) is 16.8 Å². The van der Waals surface area contributed by atoms with Crippen LogP contribution in [0.2, 0.25) is 0 Å². The summed E-state index contributed by atoms with van der Waals surface area (Å²) < 4.78 is 0.834. The Morgan fingerprint density at radius 1 is 1.53 bits per heavy atom. The number of thioether (sulfide) groups is 1. The summed E-state index contributed by atoms with van der Waals surface area (Å²) in [5.74, 6) is 0.438. The maximum atomic E-state index is 11.8. The Morgan fingerprint density at radius 2 is 2.24 bits per heavy atom. The summed E-state index contributed by atoms with van der Waals surface area (Å²) in [5, 5.41) is 8.79. The molecule has 17 heavy (non-hydrogen) atoms. The third-order valence-corrected chi connectivity index (χ3v) is 4.13. The SMILES string of the molecule is C=C(C(=O)CSc1nnc(C)s1)/C(C)=C\CC. The van der Waals surface area contributed by atoms with Gasteiger partial charge in [-0.1, -0.05) is 42.7 Å². The molecule has 0 radical (unpaired) electrons. The number of carbonyl (C=O) groups is 1. The van der Waals surface area contributed by atoms with E-state index in [1.165, 1.54) is 23.1 Å². The summed E-state index contributed by atoms with van der Waals surface area (Å²) in [6, 6.07) is 0. The minimum Gasteiger partial charge on any atom is -0.293 e. The van der Waals surface area contributed by atoms with Crippen LogP contribution in [-0.2, 0) is 4.79 Å². The fourth-order valence-electron chi connectivity index (χ4n) is 1.20. The first-order chi connectivity index (χ1) is 8.04. The lowest BCUT2D eigenvalue weighted by Crippen LogP contribution is -2.05. The predicted octanol–water partition coefficient (Wildman–Crippen LogP) is 3.42. The van der Waals surface area contributed by atoms with Crippen LogP contribution in [0.25, 0.3) is 0 Å². The standard InChI is InChI=1S/C12H16N2OS2/c1-5-6-8(2)9(3)11(15)7-16-12-14-13-10(4)17-12/h6H,3,5,7H2,1-2,4H3/b8-6-. The first-order valence-electron chi connectivity index (χ1n) is 5.36. The molecule has 0 unspecified atom stereocenters. The van der Waals surface area contributed by atoms with Crippen LogP contribution in [0.5, 0.6) is 0 Å². The van der Waals surface area contributed by atoms with Crippen molar-refractivity contribution in [1.29, 1.82) is 0 Å². The van der Waals surface area contributed by atoms with Gasteiger partial charge in [0.2, 0.25) is 0 Å². The van der Waals surface area contributed by atoms with Crippen molar-refractivity contribution in [2.24, 2.45) is 0 Å². The molecule has 1 rings (SSSR count). The Labute approximate surface area is 110 Å². The third kappa shape index (κ3) is 4.44. The van der Waals surface area contributed by atoms with Crippen LogP contribution >= 0.6 is 23.1 Å². The van der Waals surface area contributed by atoms with Crippen LogP contribution in [0.4, 0.5) is 0 Å². The van der Waals surface area contributed by atoms with Gasteiger partial charge in [0.25, 0.3) is 0 Å². The van der Waals surface area contributed by atoms with Gasteiger partial charge in [-0.05, 0) is 25.8 Å². The Hall–Kier alpha value is -0.940. The second-order valence-corrected chi connectivity index (χ2v) is 5.98. The summed E-state index contributed by atoms with van der Waals surface area (Å²) >= 11 is 2.92. The van der Waals surface area contributed by atoms with E-state index in [0.29, 0.717) is 11.3 Å². The normalized spacial score (nSPS) is 11.6. The van der Waals surface area contributed by atoms with Crippen molar-refractivity contribution in [3.63, 3.8) is 0 Å². The first kappa shape index (κ1) is 14.1. The zero-order valence-electron chi connectivity index (χ0n) is 10.3. The van der Waals surface area contributed by atoms with E-state index < -0.39 is 0 Å². The molecule has 92 valence electrons. The van der Waals surface area contributed by atoms with Gasteiger partial charge in [0.15, 0.2) is 10.1 Å². The van der Waals surface area contributed by atoms with Crippen LogP contribution < -0.4 is 0 Å². The molecule has 0 aliphatic carbocycles. The second-order valence-electron chi connectivity index (χ2n) is 3.57. The molecular formula is C12H16N2OS2. The highest BCUT2D eigenvalue weighted by Gasteiger charge is 2.11. The fraction of sp³-hybridized carbons (Fsp3) is 0.417. The van der Waals surface area contributed by atoms with Gasteiger partial charge < -0.3 is 0 Å². The fourth-order valence-corrected chi connectivity index (χ4v) is 2.92. The molecule has 0 aliphatic rings. The van der Waals surface area contributed by atoms with Crippen LogP contribution in [-0.4, -0.2) is 21.7 Å². The Morgan fingerprint density at radius 3 is 2.76 bits per heavy atom. The number of hydrogen-bond acceptors (Lipinski definition) is 5. The van der Waals surface area contributed by atoms with Gasteiger partial charge in [-0.2, -0.15) is 0 Å². The highest BCUT2D eigenvalue weighted by molar-refractivity contribution is 8.01. The third-order valence-electron chi connectivity index (χ3n) is 2.16. The van der Waals surface area contributed by atoms with Crippen LogP contribution in [0.3, 0.4) is 0 Å². The Balaban J connectivity index is 2.50. The number of ketones is 1. The topological polar surface area (TPSA) is 42.9 Å². The lowest BCUT2D eigenvalue weighted by atomic mass is 10.1. The number of aromatic nitrogens is 2. The van der Waals surface area contributed by atoms with E-state index in [0.717, 1.165) is 21.3 Å². The average Bonchev–Trinajstić information content (AvgIpc) is 2.71. The number of Topliss-reactive ketones (excluding diaryl/α,β-unsaturated/α-hetero) is 1. The lowest BCUT2D eigenvalue weighted by Gasteiger charge is -2.03. The molecule has 0 saturated carbocycles. The van der Waals surface area contributed by atoms with Crippen molar-refractivity contribution in [2.45, 2.75) is 31.5 Å². The molecule has 0 N–H and O–H groups in total. The minimum absolute atomic E-state index is 0.0602. The van der Waals surface area contributed by atoms with Crippen molar-refractivity contribution in [1.82, 2.24) is 10.2 Å². The van der Waals surface area contributed by atoms with E-state index in [1.807, 2.05) is 26.8 Å². The van der Waals surface area contributed by atoms with E-state index in [1.54, 1.807) is 0 Å².